The number of hydrogen-bond acceptors (Lipinski definition) is 8. The quantitative estimate of drug-likeness (QED) is 0.313. The molecule has 1 aliphatic rings. The molecule has 4 heterocycles. The van der Waals surface area contributed by atoms with E-state index in [-0.39, 0.29) is 17.3 Å². The van der Waals surface area contributed by atoms with Crippen LogP contribution < -0.4 is 10.1 Å². The van der Waals surface area contributed by atoms with Gasteiger partial charge in [0.15, 0.2) is 0 Å². The van der Waals surface area contributed by atoms with Gasteiger partial charge in [0, 0.05) is 34.8 Å². The van der Waals surface area contributed by atoms with Crippen molar-refractivity contribution in [3.05, 3.63) is 47.4 Å². The SMILES string of the molecule is COc1cccc(NC(=O)CSc2ncnc3c2sc2nc(C)c4c(c23)CC(C)(C)OC4)c1. The number of anilines is 1. The van der Waals surface area contributed by atoms with Crippen LogP contribution in [0.4, 0.5) is 5.69 Å². The van der Waals surface area contributed by atoms with Crippen LogP contribution >= 0.6 is 23.1 Å². The molecule has 4 aromatic rings. The zero-order valence-corrected chi connectivity index (χ0v) is 20.5. The maximum absolute atomic E-state index is 12.6. The lowest BCUT2D eigenvalue weighted by molar-refractivity contribution is -0.113. The molecule has 0 fully saturated rings. The van der Waals surface area contributed by atoms with E-state index in [1.165, 1.54) is 17.3 Å². The van der Waals surface area contributed by atoms with Gasteiger partial charge >= 0.3 is 0 Å². The van der Waals surface area contributed by atoms with Gasteiger partial charge in [-0.25, -0.2) is 15.0 Å². The topological polar surface area (TPSA) is 86.2 Å². The van der Waals surface area contributed by atoms with Crippen molar-refractivity contribution >= 4 is 55.1 Å². The number of thioether (sulfide) groups is 1. The van der Waals surface area contributed by atoms with E-state index >= 15 is 0 Å². The smallest absolute Gasteiger partial charge is 0.234 e. The van der Waals surface area contributed by atoms with Gasteiger partial charge in [0.1, 0.15) is 21.9 Å². The molecular formula is C24H24N4O3S2. The van der Waals surface area contributed by atoms with Crippen molar-refractivity contribution in [2.24, 2.45) is 0 Å². The number of fused-ring (bicyclic) bond motifs is 5. The number of methoxy groups -OCH3 is 1. The Morgan fingerprint density at radius 1 is 1.30 bits per heavy atom. The predicted octanol–water partition coefficient (Wildman–Crippen LogP) is 5.14. The largest absolute Gasteiger partial charge is 0.497 e. The molecule has 0 unspecified atom stereocenters. The fourth-order valence-corrected chi connectivity index (χ4v) is 6.16. The second-order valence-corrected chi connectivity index (χ2v) is 10.6. The fraction of sp³-hybridized carbons (Fsp3) is 0.333. The number of carbonyl (C=O) groups excluding carboxylic acids is 1. The number of thiophene rings is 1. The average Bonchev–Trinajstić information content (AvgIpc) is 3.16. The van der Waals surface area contributed by atoms with E-state index in [0.29, 0.717) is 18.0 Å². The third kappa shape index (κ3) is 4.28. The molecule has 0 aliphatic carbocycles. The van der Waals surface area contributed by atoms with E-state index in [0.717, 1.165) is 43.1 Å². The van der Waals surface area contributed by atoms with Gasteiger partial charge < -0.3 is 14.8 Å². The third-order valence-corrected chi connectivity index (χ3v) is 7.89. The number of ether oxygens (including phenoxy) is 2. The molecule has 3 aromatic heterocycles. The van der Waals surface area contributed by atoms with Crippen LogP contribution in [0, 0.1) is 6.92 Å². The first kappa shape index (κ1) is 22.1. The zero-order chi connectivity index (χ0) is 23.2. The first-order valence-electron chi connectivity index (χ1n) is 10.6. The van der Waals surface area contributed by atoms with Crippen molar-refractivity contribution < 1.29 is 14.3 Å². The van der Waals surface area contributed by atoms with Crippen molar-refractivity contribution in [3.8, 4) is 5.75 Å². The number of amides is 1. The Hall–Kier alpha value is -2.75. The number of nitrogens with one attached hydrogen (secondary N) is 1. The van der Waals surface area contributed by atoms with Gasteiger partial charge in [0.05, 0.1) is 35.3 Å². The van der Waals surface area contributed by atoms with Crippen molar-refractivity contribution in [3.63, 3.8) is 0 Å². The molecule has 7 nitrogen and oxygen atoms in total. The molecule has 0 saturated carbocycles. The Bertz CT molecular complexity index is 1380. The number of benzene rings is 1. The second-order valence-electron chi connectivity index (χ2n) is 8.59. The number of hydrogen-bond donors (Lipinski definition) is 1. The number of nitrogens with zero attached hydrogens (tertiary/aromatic N) is 3. The van der Waals surface area contributed by atoms with Crippen LogP contribution in [0.25, 0.3) is 20.4 Å². The Kier molecular flexibility index (Phi) is 5.72. The molecule has 9 heteroatoms. The summed E-state index contributed by atoms with van der Waals surface area (Å²) in [6, 6.07) is 7.31. The number of aromatic nitrogens is 3. The highest BCUT2D eigenvalue weighted by atomic mass is 32.2. The van der Waals surface area contributed by atoms with Gasteiger partial charge in [0.25, 0.3) is 0 Å². The zero-order valence-electron chi connectivity index (χ0n) is 18.9. The molecule has 0 bridgehead atoms. The highest BCUT2D eigenvalue weighted by molar-refractivity contribution is 8.00. The van der Waals surface area contributed by atoms with Crippen LogP contribution in [0.3, 0.4) is 0 Å². The van der Waals surface area contributed by atoms with E-state index in [1.807, 2.05) is 25.1 Å². The third-order valence-electron chi connectivity index (χ3n) is 5.70. The number of pyridine rings is 1. The van der Waals surface area contributed by atoms with Crippen LogP contribution in [-0.4, -0.2) is 39.3 Å². The highest BCUT2D eigenvalue weighted by Crippen LogP contribution is 2.42. The molecule has 1 amide bonds. The number of rotatable bonds is 5. The molecule has 33 heavy (non-hydrogen) atoms. The Morgan fingerprint density at radius 3 is 2.97 bits per heavy atom. The van der Waals surface area contributed by atoms with Crippen LogP contribution in [-0.2, 0) is 22.6 Å². The summed E-state index contributed by atoms with van der Waals surface area (Å²) in [6.07, 6.45) is 2.39. The van der Waals surface area contributed by atoms with Crippen molar-refractivity contribution in [1.82, 2.24) is 15.0 Å². The summed E-state index contributed by atoms with van der Waals surface area (Å²) >= 11 is 3.00. The molecule has 1 aliphatic heterocycles. The van der Waals surface area contributed by atoms with E-state index in [4.69, 9.17) is 14.5 Å². The highest BCUT2D eigenvalue weighted by Gasteiger charge is 2.31. The molecule has 0 radical (unpaired) electrons. The minimum absolute atomic E-state index is 0.105. The summed E-state index contributed by atoms with van der Waals surface area (Å²) < 4.78 is 12.2. The lowest BCUT2D eigenvalue weighted by Crippen LogP contribution is -2.32. The van der Waals surface area contributed by atoms with Crippen LogP contribution in [0.5, 0.6) is 5.75 Å². The lowest BCUT2D eigenvalue weighted by Gasteiger charge is -2.32. The van der Waals surface area contributed by atoms with E-state index in [1.54, 1.807) is 30.8 Å². The van der Waals surface area contributed by atoms with E-state index < -0.39 is 0 Å². The Labute approximate surface area is 199 Å². The van der Waals surface area contributed by atoms with E-state index in [9.17, 15) is 4.79 Å². The maximum atomic E-state index is 12.6. The van der Waals surface area contributed by atoms with Crippen LogP contribution in [0.2, 0.25) is 0 Å². The molecule has 170 valence electrons. The van der Waals surface area contributed by atoms with Crippen LogP contribution in [0.1, 0.15) is 30.7 Å². The van der Waals surface area contributed by atoms with Gasteiger partial charge in [-0.2, -0.15) is 0 Å². The number of aryl methyl sites for hydroxylation is 1. The lowest BCUT2D eigenvalue weighted by atomic mass is 9.89. The average molecular weight is 481 g/mol. The van der Waals surface area contributed by atoms with Gasteiger partial charge in [-0.1, -0.05) is 17.8 Å². The van der Waals surface area contributed by atoms with Gasteiger partial charge in [0.2, 0.25) is 5.91 Å². The molecule has 0 atom stereocenters. The summed E-state index contributed by atoms with van der Waals surface area (Å²) in [5, 5.41) is 4.80. The first-order valence-corrected chi connectivity index (χ1v) is 12.4. The number of carbonyl (C=O) groups is 1. The Balaban J connectivity index is 1.45. The maximum Gasteiger partial charge on any atom is 0.234 e. The minimum atomic E-state index is -0.231. The summed E-state index contributed by atoms with van der Waals surface area (Å²) in [7, 11) is 1.60. The van der Waals surface area contributed by atoms with Crippen molar-refractivity contribution in [2.75, 3.05) is 18.2 Å². The second kappa shape index (κ2) is 8.55. The minimum Gasteiger partial charge on any atom is -0.497 e. The first-order chi connectivity index (χ1) is 15.8. The predicted molar refractivity (Wildman–Crippen MR) is 132 cm³/mol. The molecule has 0 spiro atoms. The van der Waals surface area contributed by atoms with Gasteiger partial charge in [-0.05, 0) is 38.5 Å². The molecule has 1 aromatic carbocycles. The summed E-state index contributed by atoms with van der Waals surface area (Å²) in [5.41, 5.74) is 4.80. The fourth-order valence-electron chi connectivity index (χ4n) is 4.08. The summed E-state index contributed by atoms with van der Waals surface area (Å²) in [6.45, 7) is 6.83. The molecule has 0 saturated heterocycles. The standard InChI is InChI=1S/C24H24N4O3S2/c1-13-17-10-31-24(2,3)9-16(17)19-20-21(33-22(19)27-13)23(26-12-25-20)32-11-18(29)28-14-6-5-7-15(8-14)30-4/h5-8,12H,9-11H2,1-4H3,(H,28,29). The summed E-state index contributed by atoms with van der Waals surface area (Å²) in [4.78, 5) is 27.5. The molecular weight excluding hydrogens is 456 g/mol. The molecule has 5 rings (SSSR count). The monoisotopic (exact) mass is 480 g/mol. The van der Waals surface area contributed by atoms with E-state index in [2.05, 4.69) is 29.1 Å². The Morgan fingerprint density at radius 2 is 2.15 bits per heavy atom. The van der Waals surface area contributed by atoms with Crippen molar-refractivity contribution in [2.45, 2.75) is 44.4 Å². The normalized spacial score (nSPS) is 14.9. The van der Waals surface area contributed by atoms with Gasteiger partial charge in [-0.15, -0.1) is 11.3 Å². The van der Waals surface area contributed by atoms with Gasteiger partial charge in [-0.3, -0.25) is 4.79 Å². The molecule has 1 N–H and O–H groups in total. The van der Waals surface area contributed by atoms with Crippen LogP contribution in [0.15, 0.2) is 35.6 Å². The summed E-state index contributed by atoms with van der Waals surface area (Å²) in [5.74, 6) is 0.831. The van der Waals surface area contributed by atoms with Crippen molar-refractivity contribution in [1.29, 1.82) is 0 Å².